The molecule has 0 bridgehead atoms. The van der Waals surface area contributed by atoms with Crippen LogP contribution in [0.1, 0.15) is 10.4 Å². The number of hydrogen-bond donors (Lipinski definition) is 1. The van der Waals surface area contributed by atoms with Crippen molar-refractivity contribution in [2.75, 3.05) is 0 Å². The van der Waals surface area contributed by atoms with Crippen molar-refractivity contribution in [3.63, 3.8) is 0 Å². The second kappa shape index (κ2) is 3.32. The molecule has 0 aromatic carbocycles. The van der Waals surface area contributed by atoms with E-state index in [1.165, 1.54) is 6.20 Å². The second-order valence-electron chi connectivity index (χ2n) is 1.76. The van der Waals surface area contributed by atoms with Crippen molar-refractivity contribution in [2.24, 2.45) is 0 Å². The first kappa shape index (κ1) is 8.67. The monoisotopic (exact) mass is 279 g/mol. The van der Waals surface area contributed by atoms with Gasteiger partial charge in [-0.3, -0.25) is 0 Å². The Bertz CT molecular complexity index is 280. The largest absolute Gasteiger partial charge is 0.478 e. The minimum atomic E-state index is -1.00. The zero-order valence-electron chi connectivity index (χ0n) is 5.21. The van der Waals surface area contributed by atoms with Gasteiger partial charge in [-0.25, -0.2) is 9.78 Å². The fourth-order valence-electron chi connectivity index (χ4n) is 0.605. The first-order chi connectivity index (χ1) is 5.13. The van der Waals surface area contributed by atoms with Crippen molar-refractivity contribution in [3.05, 3.63) is 26.9 Å². The van der Waals surface area contributed by atoms with E-state index < -0.39 is 5.97 Å². The van der Waals surface area contributed by atoms with Crippen LogP contribution in [0.25, 0.3) is 0 Å². The Hall–Kier alpha value is -0.420. The number of hydrogen-bond acceptors (Lipinski definition) is 2. The third-order valence-electron chi connectivity index (χ3n) is 1.07. The third-order valence-corrected chi connectivity index (χ3v) is 2.33. The van der Waals surface area contributed by atoms with Gasteiger partial charge in [-0.05, 0) is 37.9 Å². The summed E-state index contributed by atoms with van der Waals surface area (Å²) in [4.78, 5) is 14.3. The summed E-state index contributed by atoms with van der Waals surface area (Å²) in [7, 11) is 0. The molecule has 1 aromatic heterocycles. The van der Waals surface area contributed by atoms with Gasteiger partial charge in [0, 0.05) is 10.7 Å². The quantitative estimate of drug-likeness (QED) is 0.803. The van der Waals surface area contributed by atoms with Crippen LogP contribution in [0.3, 0.4) is 0 Å². The fourth-order valence-corrected chi connectivity index (χ4v) is 1.85. The van der Waals surface area contributed by atoms with E-state index in [1.807, 2.05) is 0 Å². The average molecular weight is 281 g/mol. The van der Waals surface area contributed by atoms with Crippen molar-refractivity contribution in [2.45, 2.75) is 0 Å². The number of pyridine rings is 1. The third kappa shape index (κ3) is 1.78. The van der Waals surface area contributed by atoms with Gasteiger partial charge in [0.2, 0.25) is 0 Å². The molecule has 1 N–H and O–H groups in total. The number of nitrogens with zero attached hydrogens (tertiary/aromatic N) is 1. The van der Waals surface area contributed by atoms with E-state index in [1.54, 1.807) is 6.07 Å². The smallest absolute Gasteiger partial charge is 0.339 e. The molecule has 5 heteroatoms. The summed E-state index contributed by atoms with van der Waals surface area (Å²) in [6.07, 6.45) is 1.51. The van der Waals surface area contributed by atoms with Crippen LogP contribution in [0.4, 0.5) is 0 Å². The molecule has 0 atom stereocenters. The predicted octanol–water partition coefficient (Wildman–Crippen LogP) is 2.30. The number of aromatic carboxylic acids is 1. The predicted molar refractivity (Wildman–Crippen MR) is 46.6 cm³/mol. The van der Waals surface area contributed by atoms with Crippen molar-refractivity contribution < 1.29 is 9.90 Å². The van der Waals surface area contributed by atoms with Crippen LogP contribution in [0, 0.1) is 0 Å². The second-order valence-corrected chi connectivity index (χ2v) is 3.37. The highest BCUT2D eigenvalue weighted by molar-refractivity contribution is 9.11. The van der Waals surface area contributed by atoms with Crippen LogP contribution >= 0.6 is 31.9 Å². The molecule has 0 unspecified atom stereocenters. The highest BCUT2D eigenvalue weighted by atomic mass is 79.9. The molecule has 0 fully saturated rings. The lowest BCUT2D eigenvalue weighted by atomic mass is 10.3. The molecule has 0 saturated heterocycles. The summed E-state index contributed by atoms with van der Waals surface area (Å²) in [5.41, 5.74) is 0.146. The Morgan fingerprint density at radius 2 is 2.18 bits per heavy atom. The molecule has 1 aromatic rings. The number of aromatic nitrogens is 1. The van der Waals surface area contributed by atoms with Gasteiger partial charge in [0.15, 0.2) is 0 Å². The molecule has 11 heavy (non-hydrogen) atoms. The lowest BCUT2D eigenvalue weighted by Crippen LogP contribution is -2.00. The van der Waals surface area contributed by atoms with Crippen LogP contribution < -0.4 is 0 Å². The summed E-state index contributed by atoms with van der Waals surface area (Å²) < 4.78 is 0.853. The van der Waals surface area contributed by atoms with Crippen LogP contribution in [-0.4, -0.2) is 16.1 Å². The molecule has 0 spiro atoms. The van der Waals surface area contributed by atoms with Gasteiger partial charge >= 0.3 is 5.97 Å². The van der Waals surface area contributed by atoms with Crippen LogP contribution in [0.5, 0.6) is 0 Å². The lowest BCUT2D eigenvalue weighted by molar-refractivity contribution is 0.0694. The summed E-state index contributed by atoms with van der Waals surface area (Å²) in [6.45, 7) is 0. The van der Waals surface area contributed by atoms with Gasteiger partial charge in [0.1, 0.15) is 10.2 Å². The van der Waals surface area contributed by atoms with E-state index in [-0.39, 0.29) is 5.56 Å². The van der Waals surface area contributed by atoms with E-state index in [4.69, 9.17) is 5.11 Å². The zero-order chi connectivity index (χ0) is 8.43. The maximum Gasteiger partial charge on any atom is 0.339 e. The molecule has 1 rings (SSSR count). The number of halogens is 2. The van der Waals surface area contributed by atoms with Crippen molar-refractivity contribution >= 4 is 37.8 Å². The van der Waals surface area contributed by atoms with Gasteiger partial charge in [-0.15, -0.1) is 0 Å². The van der Waals surface area contributed by atoms with E-state index in [0.29, 0.717) is 9.08 Å². The summed E-state index contributed by atoms with van der Waals surface area (Å²) in [6, 6.07) is 1.58. The molecular weight excluding hydrogens is 278 g/mol. The number of carbonyl (C=O) groups is 1. The summed E-state index contributed by atoms with van der Waals surface area (Å²) >= 11 is 6.12. The topological polar surface area (TPSA) is 50.2 Å². The van der Waals surface area contributed by atoms with Crippen LogP contribution in [0.15, 0.2) is 21.3 Å². The first-order valence-corrected chi connectivity index (χ1v) is 4.25. The Morgan fingerprint density at radius 1 is 1.55 bits per heavy atom. The number of carboxylic acids is 1. The summed E-state index contributed by atoms with van der Waals surface area (Å²) in [5.74, 6) is -1.00. The molecule has 1 heterocycles. The minimum absolute atomic E-state index is 0.146. The molecular formula is C6H3Br2NO2. The highest BCUT2D eigenvalue weighted by Crippen LogP contribution is 2.22. The molecule has 58 valence electrons. The van der Waals surface area contributed by atoms with Gasteiger partial charge in [0.25, 0.3) is 0 Å². The number of rotatable bonds is 1. The van der Waals surface area contributed by atoms with Crippen LogP contribution in [0.2, 0.25) is 0 Å². The lowest BCUT2D eigenvalue weighted by Gasteiger charge is -1.98. The van der Waals surface area contributed by atoms with E-state index in [0.717, 1.165) is 0 Å². The fraction of sp³-hybridized carbons (Fsp3) is 0. The van der Waals surface area contributed by atoms with Gasteiger partial charge in [-0.1, -0.05) is 0 Å². The highest BCUT2D eigenvalue weighted by Gasteiger charge is 2.12. The van der Waals surface area contributed by atoms with Gasteiger partial charge in [0.05, 0.1) is 0 Å². The standard InChI is InChI=1S/C6H3Br2NO2/c7-3-1-2-9-5(8)4(3)6(10)11/h1-2H,(H,10,11). The van der Waals surface area contributed by atoms with Crippen molar-refractivity contribution in [1.82, 2.24) is 4.98 Å². The minimum Gasteiger partial charge on any atom is -0.478 e. The van der Waals surface area contributed by atoms with Gasteiger partial charge in [-0.2, -0.15) is 0 Å². The SMILES string of the molecule is O=C(O)c1c(Br)ccnc1Br. The first-order valence-electron chi connectivity index (χ1n) is 2.66. The average Bonchev–Trinajstić information content (AvgIpc) is 1.85. The molecule has 0 radical (unpaired) electrons. The van der Waals surface area contributed by atoms with Crippen molar-refractivity contribution in [3.8, 4) is 0 Å². The van der Waals surface area contributed by atoms with E-state index in [2.05, 4.69) is 36.8 Å². The molecule has 0 aliphatic carbocycles. The Balaban J connectivity index is 3.32. The van der Waals surface area contributed by atoms with Crippen LogP contribution in [-0.2, 0) is 0 Å². The normalized spacial score (nSPS) is 9.64. The van der Waals surface area contributed by atoms with E-state index in [9.17, 15) is 4.79 Å². The Labute approximate surface area is 79.7 Å². The molecule has 0 amide bonds. The molecule has 0 aliphatic heterocycles. The van der Waals surface area contributed by atoms with Crippen molar-refractivity contribution in [1.29, 1.82) is 0 Å². The summed E-state index contributed by atoms with van der Waals surface area (Å²) in [5, 5.41) is 8.65. The zero-order valence-corrected chi connectivity index (χ0v) is 8.39. The molecule has 0 saturated carbocycles. The number of carboxylic acid groups (broad SMARTS) is 1. The Kier molecular flexibility index (Phi) is 2.62. The van der Waals surface area contributed by atoms with E-state index >= 15 is 0 Å². The molecule has 3 nitrogen and oxygen atoms in total. The molecule has 0 aliphatic rings. The maximum absolute atomic E-state index is 10.5. The Morgan fingerprint density at radius 3 is 2.55 bits per heavy atom. The van der Waals surface area contributed by atoms with Gasteiger partial charge < -0.3 is 5.11 Å². The maximum atomic E-state index is 10.5.